The highest BCUT2D eigenvalue weighted by atomic mass is 19.1. The van der Waals surface area contributed by atoms with Crippen LogP contribution in [0.3, 0.4) is 0 Å². The number of halogens is 1. The zero-order valence-corrected chi connectivity index (χ0v) is 17.9. The Balaban J connectivity index is 1.80. The summed E-state index contributed by atoms with van der Waals surface area (Å²) in [5, 5.41) is 11.3. The number of para-hydroxylation sites is 1. The summed E-state index contributed by atoms with van der Waals surface area (Å²) in [4.78, 5) is 27.8. The van der Waals surface area contributed by atoms with E-state index in [4.69, 9.17) is 9.15 Å². The van der Waals surface area contributed by atoms with Gasteiger partial charge in [-0.15, -0.1) is 0 Å². The molecule has 32 heavy (non-hydrogen) atoms. The minimum atomic E-state index is -1.04. The van der Waals surface area contributed by atoms with Crippen molar-refractivity contribution in [1.82, 2.24) is 4.90 Å². The number of rotatable bonds is 8. The van der Waals surface area contributed by atoms with Gasteiger partial charge in [0, 0.05) is 17.5 Å². The Bertz CT molecular complexity index is 1210. The number of furan rings is 1. The van der Waals surface area contributed by atoms with Crippen LogP contribution in [0.25, 0.3) is 11.0 Å². The Morgan fingerprint density at radius 2 is 1.97 bits per heavy atom. The second kappa shape index (κ2) is 8.86. The zero-order valence-electron chi connectivity index (χ0n) is 17.9. The molecule has 7 heteroatoms. The van der Waals surface area contributed by atoms with E-state index in [1.54, 1.807) is 24.3 Å². The van der Waals surface area contributed by atoms with Crippen molar-refractivity contribution in [2.75, 3.05) is 13.7 Å². The number of nitrogens with zero attached hydrogens (tertiary/aromatic N) is 1. The summed E-state index contributed by atoms with van der Waals surface area (Å²) in [5.41, 5.74) is 0.345. The summed E-state index contributed by atoms with van der Waals surface area (Å²) < 4.78 is 25.8. The highest BCUT2D eigenvalue weighted by molar-refractivity contribution is 6.16. The highest BCUT2D eigenvalue weighted by Gasteiger charge is 2.45. The van der Waals surface area contributed by atoms with Crippen molar-refractivity contribution in [3.8, 4) is 5.75 Å². The van der Waals surface area contributed by atoms with Crippen LogP contribution in [0.2, 0.25) is 0 Å². The Morgan fingerprint density at radius 1 is 1.19 bits per heavy atom. The molecule has 1 atom stereocenters. The number of carbonyl (C=O) groups is 2. The topological polar surface area (TPSA) is 80.0 Å². The minimum absolute atomic E-state index is 0.0596. The monoisotopic (exact) mass is 437 g/mol. The molecule has 6 nitrogen and oxygen atoms in total. The standard InChI is InChI=1S/C25H24FNO5/c1-3-4-7-13-27-21(16-10-5-6-11-17(16)26)20(23(29)25(27)30)22(28)19-14-15-9-8-12-18(31-2)24(15)32-19/h5-6,8-12,14,21,29H,3-4,7,13H2,1-2H3. The number of ether oxygens (including phenoxy) is 1. The molecular weight excluding hydrogens is 413 g/mol. The number of amides is 1. The molecule has 4 rings (SSSR count). The third kappa shape index (κ3) is 3.64. The lowest BCUT2D eigenvalue weighted by molar-refractivity contribution is -0.129. The molecule has 0 radical (unpaired) electrons. The number of aliphatic hydroxyl groups excluding tert-OH is 1. The fourth-order valence-corrected chi connectivity index (χ4v) is 4.11. The highest BCUT2D eigenvalue weighted by Crippen LogP contribution is 2.41. The Hall–Kier alpha value is -3.61. The Kier molecular flexibility index (Phi) is 5.99. The minimum Gasteiger partial charge on any atom is -0.503 e. The molecule has 1 unspecified atom stereocenters. The van der Waals surface area contributed by atoms with Gasteiger partial charge in [0.1, 0.15) is 5.82 Å². The van der Waals surface area contributed by atoms with Crippen LogP contribution in [0.15, 0.2) is 64.3 Å². The van der Waals surface area contributed by atoms with Crippen molar-refractivity contribution >= 4 is 22.7 Å². The van der Waals surface area contributed by atoms with Crippen LogP contribution < -0.4 is 4.74 Å². The van der Waals surface area contributed by atoms with Gasteiger partial charge in [-0.1, -0.05) is 50.1 Å². The summed E-state index contributed by atoms with van der Waals surface area (Å²) in [6.07, 6.45) is 2.46. The molecule has 3 aromatic rings. The third-order valence-corrected chi connectivity index (χ3v) is 5.70. The van der Waals surface area contributed by atoms with Gasteiger partial charge in [0.05, 0.1) is 18.7 Å². The molecule has 0 aliphatic carbocycles. The normalized spacial score (nSPS) is 16.3. The smallest absolute Gasteiger partial charge is 0.290 e. The quantitative estimate of drug-likeness (QED) is 0.380. The van der Waals surface area contributed by atoms with Gasteiger partial charge in [0.15, 0.2) is 22.9 Å². The van der Waals surface area contributed by atoms with Gasteiger partial charge in [0.2, 0.25) is 5.78 Å². The molecule has 2 aromatic carbocycles. The van der Waals surface area contributed by atoms with E-state index in [0.29, 0.717) is 29.7 Å². The van der Waals surface area contributed by atoms with Gasteiger partial charge in [-0.05, 0) is 24.6 Å². The molecule has 0 fully saturated rings. The van der Waals surface area contributed by atoms with E-state index in [-0.39, 0.29) is 16.9 Å². The number of unbranched alkanes of at least 4 members (excludes halogenated alkanes) is 2. The summed E-state index contributed by atoms with van der Waals surface area (Å²) >= 11 is 0. The molecular formula is C25H24FNO5. The van der Waals surface area contributed by atoms with Crippen LogP contribution in [0, 0.1) is 5.82 Å². The predicted molar refractivity (Wildman–Crippen MR) is 117 cm³/mol. The molecule has 1 aromatic heterocycles. The lowest BCUT2D eigenvalue weighted by Gasteiger charge is -2.27. The molecule has 166 valence electrons. The van der Waals surface area contributed by atoms with Gasteiger partial charge in [-0.25, -0.2) is 4.39 Å². The van der Waals surface area contributed by atoms with E-state index < -0.39 is 29.3 Å². The number of benzene rings is 2. The van der Waals surface area contributed by atoms with Gasteiger partial charge >= 0.3 is 0 Å². The van der Waals surface area contributed by atoms with E-state index >= 15 is 0 Å². The first kappa shape index (κ1) is 21.6. The lowest BCUT2D eigenvalue weighted by Crippen LogP contribution is -2.32. The van der Waals surface area contributed by atoms with Crippen molar-refractivity contribution < 1.29 is 28.2 Å². The molecule has 0 saturated heterocycles. The van der Waals surface area contributed by atoms with Crippen LogP contribution in [-0.2, 0) is 4.79 Å². The number of aliphatic hydroxyl groups is 1. The number of ketones is 1. The second-order valence-corrected chi connectivity index (χ2v) is 7.71. The van der Waals surface area contributed by atoms with Gasteiger partial charge in [0.25, 0.3) is 5.91 Å². The molecule has 0 spiro atoms. The summed E-state index contributed by atoms with van der Waals surface area (Å²) in [7, 11) is 1.49. The van der Waals surface area contributed by atoms with Crippen LogP contribution in [0.1, 0.15) is 48.3 Å². The van der Waals surface area contributed by atoms with Crippen molar-refractivity contribution in [3.05, 3.63) is 77.0 Å². The van der Waals surface area contributed by atoms with E-state index in [2.05, 4.69) is 0 Å². The molecule has 0 bridgehead atoms. The van der Waals surface area contributed by atoms with E-state index in [0.717, 1.165) is 12.8 Å². The van der Waals surface area contributed by atoms with Crippen LogP contribution in [-0.4, -0.2) is 35.4 Å². The maximum absolute atomic E-state index is 14.8. The summed E-state index contributed by atoms with van der Waals surface area (Å²) in [6, 6.07) is 11.7. The van der Waals surface area contributed by atoms with Crippen molar-refractivity contribution in [1.29, 1.82) is 0 Å². The second-order valence-electron chi connectivity index (χ2n) is 7.71. The first-order valence-corrected chi connectivity index (χ1v) is 10.6. The molecule has 1 aliphatic heterocycles. The van der Waals surface area contributed by atoms with Gasteiger partial charge in [-0.2, -0.15) is 0 Å². The van der Waals surface area contributed by atoms with Gasteiger partial charge in [-0.3, -0.25) is 9.59 Å². The molecule has 1 aliphatic rings. The molecule has 1 N–H and O–H groups in total. The lowest BCUT2D eigenvalue weighted by atomic mass is 9.94. The fourth-order valence-electron chi connectivity index (χ4n) is 4.11. The predicted octanol–water partition coefficient (Wildman–Crippen LogP) is 5.35. The molecule has 1 amide bonds. The molecule has 2 heterocycles. The van der Waals surface area contributed by atoms with Crippen molar-refractivity contribution in [3.63, 3.8) is 0 Å². The maximum Gasteiger partial charge on any atom is 0.290 e. The number of hydrogen-bond acceptors (Lipinski definition) is 5. The van der Waals surface area contributed by atoms with E-state index in [9.17, 15) is 19.1 Å². The van der Waals surface area contributed by atoms with Crippen LogP contribution in [0.5, 0.6) is 5.75 Å². The Morgan fingerprint density at radius 3 is 2.69 bits per heavy atom. The fraction of sp³-hybridized carbons (Fsp3) is 0.280. The van der Waals surface area contributed by atoms with Crippen LogP contribution >= 0.6 is 0 Å². The van der Waals surface area contributed by atoms with Crippen molar-refractivity contribution in [2.45, 2.75) is 32.2 Å². The third-order valence-electron chi connectivity index (χ3n) is 5.70. The van der Waals surface area contributed by atoms with E-state index in [1.807, 2.05) is 6.92 Å². The number of hydrogen-bond donors (Lipinski definition) is 1. The largest absolute Gasteiger partial charge is 0.503 e. The van der Waals surface area contributed by atoms with E-state index in [1.165, 1.54) is 36.3 Å². The average molecular weight is 437 g/mol. The zero-order chi connectivity index (χ0) is 22.8. The average Bonchev–Trinajstić information content (AvgIpc) is 3.34. The molecule has 0 saturated carbocycles. The van der Waals surface area contributed by atoms with Gasteiger partial charge < -0.3 is 19.2 Å². The number of methoxy groups -OCH3 is 1. The Labute approximate surface area is 184 Å². The number of carbonyl (C=O) groups excluding carboxylic acids is 2. The summed E-state index contributed by atoms with van der Waals surface area (Å²) in [6.45, 7) is 2.32. The summed E-state index contributed by atoms with van der Waals surface area (Å²) in [5.74, 6) is -2.19. The van der Waals surface area contributed by atoms with Crippen LogP contribution in [0.4, 0.5) is 4.39 Å². The first-order chi connectivity index (χ1) is 15.5. The number of Topliss-reactive ketones (excluding diaryl/α,β-unsaturated/α-hetero) is 1. The van der Waals surface area contributed by atoms with Crippen molar-refractivity contribution in [2.24, 2.45) is 0 Å². The SMILES string of the molecule is CCCCCN1C(=O)C(O)=C(C(=O)c2cc3cccc(OC)c3o2)C1c1ccccc1F. The maximum atomic E-state index is 14.8. The first-order valence-electron chi connectivity index (χ1n) is 10.6. The number of fused-ring (bicyclic) bond motifs is 1.